The number of hydrogen-bond donors (Lipinski definition) is 2. The maximum absolute atomic E-state index is 13.0. The molecule has 1 aromatic rings. The van der Waals surface area contributed by atoms with Gasteiger partial charge in [0.1, 0.15) is 11.9 Å². The van der Waals surface area contributed by atoms with Crippen molar-refractivity contribution in [2.75, 3.05) is 11.9 Å². The molecule has 0 amide bonds. The van der Waals surface area contributed by atoms with E-state index in [0.717, 1.165) is 6.07 Å². The highest BCUT2D eigenvalue weighted by molar-refractivity contribution is 5.45. The minimum Gasteiger partial charge on any atom is -0.371 e. The minimum atomic E-state index is -4.49. The first-order valence-electron chi connectivity index (χ1n) is 4.23. The molecule has 2 nitrogen and oxygen atoms in total. The zero-order chi connectivity index (χ0) is 11.5. The van der Waals surface area contributed by atoms with E-state index < -0.39 is 24.6 Å². The van der Waals surface area contributed by atoms with Crippen LogP contribution in [0.25, 0.3) is 0 Å². The van der Waals surface area contributed by atoms with E-state index in [2.05, 4.69) is 0 Å². The lowest BCUT2D eigenvalue weighted by Gasteiger charge is -2.21. The molecule has 84 valence electrons. The molecular weight excluding hydrogens is 212 g/mol. The second kappa shape index (κ2) is 4.48. The Hall–Kier alpha value is -1.30. The molecule has 0 bridgehead atoms. The molecule has 0 heterocycles. The first-order chi connectivity index (χ1) is 6.95. The first kappa shape index (κ1) is 11.8. The van der Waals surface area contributed by atoms with Crippen LogP contribution in [-0.4, -0.2) is 18.8 Å². The molecule has 0 aliphatic heterocycles. The van der Waals surface area contributed by atoms with Crippen LogP contribution in [0.2, 0.25) is 0 Å². The van der Waals surface area contributed by atoms with Crippen LogP contribution >= 0.6 is 0 Å². The third kappa shape index (κ3) is 3.09. The molecule has 0 aliphatic carbocycles. The van der Waals surface area contributed by atoms with Crippen molar-refractivity contribution in [3.05, 3.63) is 30.1 Å². The van der Waals surface area contributed by atoms with Gasteiger partial charge in [0, 0.05) is 6.54 Å². The fraction of sp³-hybridized carbons (Fsp3) is 0.333. The zero-order valence-electron chi connectivity index (χ0n) is 7.68. The van der Waals surface area contributed by atoms with E-state index in [1.807, 2.05) is 5.32 Å². The monoisotopic (exact) mass is 222 g/mol. The third-order valence-electron chi connectivity index (χ3n) is 1.83. The average molecular weight is 222 g/mol. The second-order valence-corrected chi connectivity index (χ2v) is 2.95. The molecule has 3 N–H and O–H groups in total. The van der Waals surface area contributed by atoms with Crippen molar-refractivity contribution in [1.82, 2.24) is 0 Å². The van der Waals surface area contributed by atoms with Gasteiger partial charge in [-0.25, -0.2) is 4.39 Å². The summed E-state index contributed by atoms with van der Waals surface area (Å²) in [7, 11) is 0. The number of halogens is 4. The van der Waals surface area contributed by atoms with Crippen molar-refractivity contribution in [3.63, 3.8) is 0 Å². The lowest BCUT2D eigenvalue weighted by molar-refractivity contribution is -0.140. The van der Waals surface area contributed by atoms with Crippen LogP contribution in [-0.2, 0) is 0 Å². The molecule has 6 heteroatoms. The zero-order valence-corrected chi connectivity index (χ0v) is 7.68. The Balaban J connectivity index is 2.80. The van der Waals surface area contributed by atoms with Crippen LogP contribution < -0.4 is 11.1 Å². The third-order valence-corrected chi connectivity index (χ3v) is 1.83. The Labute approximate surface area is 84.1 Å². The normalized spacial score (nSPS) is 13.7. The van der Waals surface area contributed by atoms with Crippen LogP contribution in [0, 0.1) is 5.82 Å². The summed E-state index contributed by atoms with van der Waals surface area (Å²) in [5, 5.41) is 2.01. The van der Waals surface area contributed by atoms with Gasteiger partial charge in [0.2, 0.25) is 0 Å². The SMILES string of the molecule is NCC(Nc1ccccc1F)C(F)(F)F. The van der Waals surface area contributed by atoms with Crippen molar-refractivity contribution < 1.29 is 17.6 Å². The fourth-order valence-electron chi connectivity index (χ4n) is 1.04. The molecule has 1 aromatic carbocycles. The van der Waals surface area contributed by atoms with Gasteiger partial charge in [-0.2, -0.15) is 13.2 Å². The van der Waals surface area contributed by atoms with Gasteiger partial charge in [-0.3, -0.25) is 0 Å². The van der Waals surface area contributed by atoms with E-state index >= 15 is 0 Å². The Morgan fingerprint density at radius 2 is 1.87 bits per heavy atom. The molecule has 1 rings (SSSR count). The van der Waals surface area contributed by atoms with Crippen LogP contribution in [0.1, 0.15) is 0 Å². The molecule has 0 aliphatic rings. The van der Waals surface area contributed by atoms with E-state index in [4.69, 9.17) is 5.73 Å². The highest BCUT2D eigenvalue weighted by Crippen LogP contribution is 2.24. The summed E-state index contributed by atoms with van der Waals surface area (Å²) in [6, 6.07) is 3.20. The van der Waals surface area contributed by atoms with Crippen molar-refractivity contribution in [2.45, 2.75) is 12.2 Å². The summed E-state index contributed by atoms with van der Waals surface area (Å²) in [4.78, 5) is 0. The number of hydrogen-bond acceptors (Lipinski definition) is 2. The van der Waals surface area contributed by atoms with Gasteiger partial charge in [0.15, 0.2) is 0 Å². The van der Waals surface area contributed by atoms with E-state index in [9.17, 15) is 17.6 Å². The van der Waals surface area contributed by atoms with E-state index in [1.165, 1.54) is 18.2 Å². The maximum atomic E-state index is 13.0. The second-order valence-electron chi connectivity index (χ2n) is 2.95. The Morgan fingerprint density at radius 3 is 2.33 bits per heavy atom. The van der Waals surface area contributed by atoms with Gasteiger partial charge < -0.3 is 11.1 Å². The molecule has 0 fully saturated rings. The van der Waals surface area contributed by atoms with Gasteiger partial charge >= 0.3 is 6.18 Å². The summed E-state index contributed by atoms with van der Waals surface area (Å²) in [5.41, 5.74) is 4.75. The van der Waals surface area contributed by atoms with Gasteiger partial charge in [-0.15, -0.1) is 0 Å². The summed E-state index contributed by atoms with van der Waals surface area (Å²) in [5.74, 6) is -0.736. The Kier molecular flexibility index (Phi) is 3.52. The molecular formula is C9H10F4N2. The fourth-order valence-corrected chi connectivity index (χ4v) is 1.04. The quantitative estimate of drug-likeness (QED) is 0.769. The van der Waals surface area contributed by atoms with Gasteiger partial charge in [0.25, 0.3) is 0 Å². The topological polar surface area (TPSA) is 38.0 Å². The molecule has 0 radical (unpaired) electrons. The molecule has 1 unspecified atom stereocenters. The van der Waals surface area contributed by atoms with Crippen LogP contribution in [0.5, 0.6) is 0 Å². The number of para-hydroxylation sites is 1. The smallest absolute Gasteiger partial charge is 0.371 e. The van der Waals surface area contributed by atoms with Crippen LogP contribution in [0.15, 0.2) is 24.3 Å². The number of benzene rings is 1. The van der Waals surface area contributed by atoms with Crippen molar-refractivity contribution >= 4 is 5.69 Å². The predicted molar refractivity (Wildman–Crippen MR) is 48.9 cm³/mol. The molecule has 0 saturated heterocycles. The lowest BCUT2D eigenvalue weighted by atomic mass is 10.2. The highest BCUT2D eigenvalue weighted by Gasteiger charge is 2.38. The van der Waals surface area contributed by atoms with E-state index in [0.29, 0.717) is 0 Å². The van der Waals surface area contributed by atoms with E-state index in [-0.39, 0.29) is 5.69 Å². The van der Waals surface area contributed by atoms with Crippen molar-refractivity contribution in [2.24, 2.45) is 5.73 Å². The summed E-state index contributed by atoms with van der Waals surface area (Å²) in [6.45, 7) is -0.641. The number of nitrogens with one attached hydrogen (secondary N) is 1. The number of anilines is 1. The van der Waals surface area contributed by atoms with Crippen molar-refractivity contribution in [1.29, 1.82) is 0 Å². The molecule has 1 atom stereocenters. The lowest BCUT2D eigenvalue weighted by Crippen LogP contribution is -2.42. The van der Waals surface area contributed by atoms with Crippen molar-refractivity contribution in [3.8, 4) is 0 Å². The summed E-state index contributed by atoms with van der Waals surface area (Å²) in [6.07, 6.45) is -4.49. The summed E-state index contributed by atoms with van der Waals surface area (Å²) >= 11 is 0. The standard InChI is InChI=1S/C9H10F4N2/c10-6-3-1-2-4-7(6)15-8(5-14)9(11,12)13/h1-4,8,15H,5,14H2. The van der Waals surface area contributed by atoms with Gasteiger partial charge in [0.05, 0.1) is 5.69 Å². The van der Waals surface area contributed by atoms with Crippen LogP contribution in [0.3, 0.4) is 0 Å². The summed E-state index contributed by atoms with van der Waals surface area (Å²) < 4.78 is 49.8. The van der Waals surface area contributed by atoms with Gasteiger partial charge in [-0.05, 0) is 12.1 Å². The number of alkyl halides is 3. The highest BCUT2D eigenvalue weighted by atomic mass is 19.4. The Morgan fingerprint density at radius 1 is 1.27 bits per heavy atom. The Bertz CT molecular complexity index is 324. The van der Waals surface area contributed by atoms with Crippen LogP contribution in [0.4, 0.5) is 23.2 Å². The number of rotatable bonds is 3. The van der Waals surface area contributed by atoms with E-state index in [1.54, 1.807) is 0 Å². The first-order valence-corrected chi connectivity index (χ1v) is 4.23. The molecule has 15 heavy (non-hydrogen) atoms. The molecule has 0 saturated carbocycles. The molecule has 0 spiro atoms. The largest absolute Gasteiger partial charge is 0.409 e. The molecule has 0 aromatic heterocycles. The maximum Gasteiger partial charge on any atom is 0.409 e. The average Bonchev–Trinajstić information content (AvgIpc) is 2.14. The van der Waals surface area contributed by atoms with Gasteiger partial charge in [-0.1, -0.05) is 12.1 Å². The number of nitrogens with two attached hydrogens (primary N) is 1. The minimum absolute atomic E-state index is 0.203. The predicted octanol–water partition coefficient (Wildman–Crippen LogP) is 2.13.